The minimum atomic E-state index is -0.508. The number of benzene rings is 2. The largest absolute Gasteiger partial charge is 0.318 e. The van der Waals surface area contributed by atoms with Gasteiger partial charge >= 0.3 is 0 Å². The molecule has 152 valence electrons. The quantitative estimate of drug-likeness (QED) is 0.546. The third kappa shape index (κ3) is 3.42. The van der Waals surface area contributed by atoms with E-state index in [2.05, 4.69) is 10.3 Å². The Morgan fingerprint density at radius 3 is 2.57 bits per heavy atom. The van der Waals surface area contributed by atoms with Crippen molar-refractivity contribution in [3.05, 3.63) is 86.3 Å². The Morgan fingerprint density at radius 1 is 1.10 bits per heavy atom. The number of hydrogen-bond acceptors (Lipinski definition) is 4. The van der Waals surface area contributed by atoms with Gasteiger partial charge in [-0.3, -0.25) is 23.6 Å². The highest BCUT2D eigenvalue weighted by Gasteiger charge is 2.18. The summed E-state index contributed by atoms with van der Waals surface area (Å²) in [5.74, 6) is -0.508. The molecule has 2 aromatic carbocycles. The molecule has 0 radical (unpaired) electrons. The van der Waals surface area contributed by atoms with Crippen LogP contribution in [-0.4, -0.2) is 24.8 Å². The zero-order valence-electron chi connectivity index (χ0n) is 16.3. The number of nitrogens with zero attached hydrogens (tertiary/aromatic N) is 4. The Balaban J connectivity index is 1.64. The van der Waals surface area contributed by atoms with E-state index in [-0.39, 0.29) is 23.4 Å². The van der Waals surface area contributed by atoms with Crippen molar-refractivity contribution < 1.29 is 4.79 Å². The molecule has 2 aromatic heterocycles. The van der Waals surface area contributed by atoms with Gasteiger partial charge in [-0.2, -0.15) is 0 Å². The van der Waals surface area contributed by atoms with Gasteiger partial charge in [0.2, 0.25) is 5.91 Å². The topological polar surface area (TPSA) is 90.9 Å². The smallest absolute Gasteiger partial charge is 0.295 e. The molecule has 0 unspecified atom stereocenters. The Kier molecular flexibility index (Phi) is 5.01. The van der Waals surface area contributed by atoms with E-state index >= 15 is 0 Å². The highest BCUT2D eigenvalue weighted by molar-refractivity contribution is 6.31. The molecule has 9 heteroatoms. The number of halogens is 1. The lowest BCUT2D eigenvalue weighted by molar-refractivity contribution is -0.116. The molecule has 1 amide bonds. The van der Waals surface area contributed by atoms with Crippen LogP contribution in [0.2, 0.25) is 5.02 Å². The summed E-state index contributed by atoms with van der Waals surface area (Å²) >= 11 is 5.96. The number of amides is 1. The lowest BCUT2D eigenvalue weighted by Crippen LogP contribution is -2.29. The zero-order chi connectivity index (χ0) is 21.4. The van der Waals surface area contributed by atoms with Crippen LogP contribution in [0.15, 0.2) is 64.4 Å². The molecule has 0 spiro atoms. The number of hydrogen-bond donors (Lipinski definition) is 1. The van der Waals surface area contributed by atoms with E-state index in [1.54, 1.807) is 42.9 Å². The zero-order valence-corrected chi connectivity index (χ0v) is 17.1. The first-order chi connectivity index (χ1) is 14.4. The highest BCUT2D eigenvalue weighted by atomic mass is 35.5. The summed E-state index contributed by atoms with van der Waals surface area (Å²) in [7, 11) is 1.74. The van der Waals surface area contributed by atoms with Crippen LogP contribution < -0.4 is 16.4 Å². The summed E-state index contributed by atoms with van der Waals surface area (Å²) < 4.78 is 4.32. The fourth-order valence-electron chi connectivity index (χ4n) is 3.29. The van der Waals surface area contributed by atoms with E-state index in [9.17, 15) is 14.4 Å². The number of rotatable bonds is 4. The van der Waals surface area contributed by atoms with E-state index in [1.807, 2.05) is 18.2 Å². The van der Waals surface area contributed by atoms with Crippen LogP contribution >= 0.6 is 11.6 Å². The van der Waals surface area contributed by atoms with Gasteiger partial charge in [-0.15, -0.1) is 0 Å². The van der Waals surface area contributed by atoms with E-state index in [4.69, 9.17) is 11.6 Å². The van der Waals surface area contributed by atoms with Gasteiger partial charge in [0.1, 0.15) is 12.2 Å². The van der Waals surface area contributed by atoms with E-state index in [1.165, 1.54) is 21.6 Å². The highest BCUT2D eigenvalue weighted by Crippen LogP contribution is 2.15. The van der Waals surface area contributed by atoms with Gasteiger partial charge in [-0.05, 0) is 37.3 Å². The second-order valence-corrected chi connectivity index (χ2v) is 7.26. The number of fused-ring (bicyclic) bond motifs is 1. The van der Waals surface area contributed by atoms with Crippen LogP contribution in [0.25, 0.3) is 16.6 Å². The van der Waals surface area contributed by atoms with Gasteiger partial charge in [-0.25, -0.2) is 9.67 Å². The molecule has 0 fully saturated rings. The van der Waals surface area contributed by atoms with Crippen molar-refractivity contribution >= 4 is 34.1 Å². The minimum absolute atomic E-state index is 0.163. The molecule has 30 heavy (non-hydrogen) atoms. The molecule has 0 aliphatic rings. The molecule has 4 aromatic rings. The van der Waals surface area contributed by atoms with Gasteiger partial charge in [0.05, 0.1) is 28.6 Å². The third-order valence-corrected chi connectivity index (χ3v) is 5.15. The maximum atomic E-state index is 12.9. The Hall–Kier alpha value is -3.65. The molecular formula is C21H18ClN5O3. The first kappa shape index (κ1) is 19.7. The summed E-state index contributed by atoms with van der Waals surface area (Å²) in [6.07, 6.45) is 1.30. The van der Waals surface area contributed by atoms with Gasteiger partial charge in [0, 0.05) is 12.1 Å². The fraction of sp³-hybridized carbons (Fsp3) is 0.143. The van der Waals surface area contributed by atoms with E-state index in [0.717, 1.165) is 0 Å². The van der Waals surface area contributed by atoms with Crippen molar-refractivity contribution in [3.63, 3.8) is 0 Å². The summed E-state index contributed by atoms with van der Waals surface area (Å²) in [6.45, 7) is 1.45. The summed E-state index contributed by atoms with van der Waals surface area (Å²) in [5, 5.41) is 3.36. The normalized spacial score (nSPS) is 11.0. The minimum Gasteiger partial charge on any atom is -0.318 e. The van der Waals surface area contributed by atoms with Crippen molar-refractivity contribution in [1.29, 1.82) is 0 Å². The molecule has 1 N–H and O–H groups in total. The second kappa shape index (κ2) is 7.64. The van der Waals surface area contributed by atoms with E-state index in [0.29, 0.717) is 27.3 Å². The Labute approximate surface area is 175 Å². The number of nitrogens with one attached hydrogen (secondary N) is 1. The first-order valence-corrected chi connectivity index (χ1v) is 9.53. The van der Waals surface area contributed by atoms with Gasteiger partial charge in [0.25, 0.3) is 11.1 Å². The van der Waals surface area contributed by atoms with E-state index < -0.39 is 5.91 Å². The van der Waals surface area contributed by atoms with Crippen molar-refractivity contribution in [1.82, 2.24) is 18.9 Å². The SMILES string of the molecule is Cc1c(NC(=O)Cn2cnc3ccc(Cl)cc3c2=O)c(=O)n(-c2ccccc2)n1C. The molecule has 0 aliphatic heterocycles. The maximum Gasteiger partial charge on any atom is 0.295 e. The average molecular weight is 424 g/mol. The summed E-state index contributed by atoms with van der Waals surface area (Å²) in [6, 6.07) is 13.9. The molecular weight excluding hydrogens is 406 g/mol. The first-order valence-electron chi connectivity index (χ1n) is 9.15. The maximum absolute atomic E-state index is 12.9. The average Bonchev–Trinajstić information content (AvgIpc) is 2.94. The third-order valence-electron chi connectivity index (χ3n) is 4.92. The van der Waals surface area contributed by atoms with Gasteiger partial charge < -0.3 is 5.32 Å². The molecule has 2 heterocycles. The van der Waals surface area contributed by atoms with Crippen LogP contribution in [-0.2, 0) is 18.4 Å². The molecule has 0 aliphatic carbocycles. The number of aromatic nitrogens is 4. The monoisotopic (exact) mass is 423 g/mol. The number of para-hydroxylation sites is 1. The number of carbonyl (C=O) groups excluding carboxylic acids is 1. The molecule has 0 saturated carbocycles. The van der Waals surface area contributed by atoms with Crippen molar-refractivity contribution in [2.24, 2.45) is 7.05 Å². The molecule has 0 atom stereocenters. The standard InChI is InChI=1S/C21H18ClN5O3/c1-13-19(21(30)27(25(13)2)15-6-4-3-5-7-15)24-18(28)11-26-12-23-17-9-8-14(22)10-16(17)20(26)29/h3-10,12H,11H2,1-2H3,(H,24,28). The van der Waals surface area contributed by atoms with Gasteiger partial charge in [0.15, 0.2) is 0 Å². The second-order valence-electron chi connectivity index (χ2n) is 6.82. The van der Waals surface area contributed by atoms with Crippen LogP contribution in [0.3, 0.4) is 0 Å². The Morgan fingerprint density at radius 2 is 1.83 bits per heavy atom. The van der Waals surface area contributed by atoms with Crippen molar-refractivity contribution in [2.75, 3.05) is 5.32 Å². The van der Waals surface area contributed by atoms with Crippen molar-refractivity contribution in [2.45, 2.75) is 13.5 Å². The summed E-state index contributed by atoms with van der Waals surface area (Å²) in [4.78, 5) is 42.4. The molecule has 0 saturated heterocycles. The number of carbonyl (C=O) groups is 1. The van der Waals surface area contributed by atoms with Gasteiger partial charge in [-0.1, -0.05) is 29.8 Å². The summed E-state index contributed by atoms with van der Waals surface area (Å²) in [5.41, 5.74) is 1.18. The number of anilines is 1. The predicted octanol–water partition coefficient (Wildman–Crippen LogP) is 2.49. The molecule has 0 bridgehead atoms. The lowest BCUT2D eigenvalue weighted by Gasteiger charge is -2.08. The van der Waals surface area contributed by atoms with Crippen LogP contribution in [0, 0.1) is 6.92 Å². The molecule has 4 rings (SSSR count). The predicted molar refractivity (Wildman–Crippen MR) is 115 cm³/mol. The van der Waals surface area contributed by atoms with Crippen molar-refractivity contribution in [3.8, 4) is 5.69 Å². The molecule has 8 nitrogen and oxygen atoms in total. The lowest BCUT2D eigenvalue weighted by atomic mass is 10.2. The Bertz CT molecular complexity index is 1390. The van der Waals surface area contributed by atoms with Crippen LogP contribution in [0.4, 0.5) is 5.69 Å². The van der Waals surface area contributed by atoms with Crippen LogP contribution in [0.1, 0.15) is 5.69 Å². The fourth-order valence-corrected chi connectivity index (χ4v) is 3.46. The van der Waals surface area contributed by atoms with Crippen LogP contribution in [0.5, 0.6) is 0 Å².